The van der Waals surface area contributed by atoms with Gasteiger partial charge in [0.1, 0.15) is 5.75 Å². The maximum absolute atomic E-state index is 12.4. The van der Waals surface area contributed by atoms with E-state index in [1.807, 2.05) is 0 Å². The van der Waals surface area contributed by atoms with Crippen LogP contribution in [0.3, 0.4) is 0 Å². The lowest BCUT2D eigenvalue weighted by Crippen LogP contribution is -2.36. The number of nitrogens with zero attached hydrogens (tertiary/aromatic N) is 1. The van der Waals surface area contributed by atoms with Gasteiger partial charge in [-0.15, -0.1) is 0 Å². The molecular formula is C24H22ClN5O5. The molecular weight excluding hydrogens is 474 g/mol. The minimum absolute atomic E-state index is 0.0236. The number of halogens is 1. The second-order valence-corrected chi connectivity index (χ2v) is 7.73. The van der Waals surface area contributed by atoms with Crippen molar-refractivity contribution in [1.82, 2.24) is 5.43 Å². The molecule has 0 aromatic heterocycles. The van der Waals surface area contributed by atoms with E-state index >= 15 is 0 Å². The minimum atomic E-state index is -0.961. The highest BCUT2D eigenvalue weighted by Gasteiger charge is 2.13. The Morgan fingerprint density at radius 2 is 1.74 bits per heavy atom. The number of carboxylic acid groups (broad SMARTS) is 1. The average Bonchev–Trinajstić information content (AvgIpc) is 2.81. The minimum Gasteiger partial charge on any atom is -0.481 e. The first-order valence-corrected chi connectivity index (χ1v) is 10.6. The SMILES string of the molecule is NNC(N)=Nc1ccc(C(=O)Oc2ccc(CC(=O)Nc3cccc(CC(=O)O)c3)c(Cl)c2)cc1. The van der Waals surface area contributed by atoms with E-state index in [1.54, 1.807) is 42.5 Å². The summed E-state index contributed by atoms with van der Waals surface area (Å²) in [4.78, 5) is 39.7. The van der Waals surface area contributed by atoms with Crippen LogP contribution in [0.15, 0.2) is 71.7 Å². The quantitative estimate of drug-likeness (QED) is 0.0793. The van der Waals surface area contributed by atoms with Gasteiger partial charge in [0.15, 0.2) is 0 Å². The van der Waals surface area contributed by atoms with Crippen molar-refractivity contribution in [1.29, 1.82) is 0 Å². The summed E-state index contributed by atoms with van der Waals surface area (Å²) in [5.74, 6) is 3.49. The summed E-state index contributed by atoms with van der Waals surface area (Å²) in [6.45, 7) is 0. The fourth-order valence-electron chi connectivity index (χ4n) is 3.06. The molecule has 10 nitrogen and oxygen atoms in total. The monoisotopic (exact) mass is 495 g/mol. The lowest BCUT2D eigenvalue weighted by molar-refractivity contribution is -0.136. The molecule has 3 aromatic carbocycles. The van der Waals surface area contributed by atoms with Crippen LogP contribution in [0.25, 0.3) is 0 Å². The molecule has 0 fully saturated rings. The fourth-order valence-corrected chi connectivity index (χ4v) is 3.29. The number of benzene rings is 3. The van der Waals surface area contributed by atoms with Crippen LogP contribution in [-0.4, -0.2) is 28.9 Å². The van der Waals surface area contributed by atoms with E-state index in [1.165, 1.54) is 24.3 Å². The molecule has 0 radical (unpaired) electrons. The predicted molar refractivity (Wildman–Crippen MR) is 132 cm³/mol. The molecule has 0 bridgehead atoms. The van der Waals surface area contributed by atoms with Crippen LogP contribution in [0.1, 0.15) is 21.5 Å². The van der Waals surface area contributed by atoms with Crippen LogP contribution in [-0.2, 0) is 22.4 Å². The topological polar surface area (TPSA) is 169 Å². The third-order valence-electron chi connectivity index (χ3n) is 4.65. The maximum Gasteiger partial charge on any atom is 0.343 e. The number of guanidine groups is 1. The van der Waals surface area contributed by atoms with E-state index in [4.69, 9.17) is 33.0 Å². The molecule has 3 rings (SSSR count). The van der Waals surface area contributed by atoms with E-state index in [0.717, 1.165) is 0 Å². The Bertz CT molecular complexity index is 1280. The largest absolute Gasteiger partial charge is 0.481 e. The van der Waals surface area contributed by atoms with Crippen molar-refractivity contribution in [3.63, 3.8) is 0 Å². The molecule has 7 N–H and O–H groups in total. The molecule has 0 heterocycles. The zero-order valence-corrected chi connectivity index (χ0v) is 19.1. The van der Waals surface area contributed by atoms with Gasteiger partial charge in [0, 0.05) is 10.7 Å². The molecule has 0 saturated heterocycles. The molecule has 0 aliphatic heterocycles. The summed E-state index contributed by atoms with van der Waals surface area (Å²) >= 11 is 6.29. The third-order valence-corrected chi connectivity index (χ3v) is 5.00. The Morgan fingerprint density at radius 1 is 1.00 bits per heavy atom. The second-order valence-electron chi connectivity index (χ2n) is 7.33. The highest BCUT2D eigenvalue weighted by Crippen LogP contribution is 2.25. The summed E-state index contributed by atoms with van der Waals surface area (Å²) in [6, 6.07) is 17.4. The van der Waals surface area contributed by atoms with Crippen LogP contribution >= 0.6 is 11.6 Å². The lowest BCUT2D eigenvalue weighted by Gasteiger charge is -2.10. The molecule has 0 atom stereocenters. The zero-order valence-electron chi connectivity index (χ0n) is 18.3. The van der Waals surface area contributed by atoms with Gasteiger partial charge in [-0.25, -0.2) is 15.6 Å². The van der Waals surface area contributed by atoms with Gasteiger partial charge in [-0.3, -0.25) is 15.0 Å². The number of nitrogens with one attached hydrogen (secondary N) is 2. The molecule has 180 valence electrons. The van der Waals surface area contributed by atoms with Crippen molar-refractivity contribution in [2.24, 2.45) is 16.6 Å². The smallest absolute Gasteiger partial charge is 0.343 e. The van der Waals surface area contributed by atoms with Gasteiger partial charge < -0.3 is 20.9 Å². The molecule has 3 aromatic rings. The summed E-state index contributed by atoms with van der Waals surface area (Å²) in [6.07, 6.45) is -0.173. The van der Waals surface area contributed by atoms with Crippen LogP contribution in [0, 0.1) is 0 Å². The Kier molecular flexibility index (Phi) is 8.38. The summed E-state index contributed by atoms with van der Waals surface area (Å²) in [5.41, 5.74) is 10.0. The van der Waals surface area contributed by atoms with Gasteiger partial charge in [-0.1, -0.05) is 29.8 Å². The lowest BCUT2D eigenvalue weighted by atomic mass is 10.1. The number of carbonyl (C=O) groups excluding carboxylic acids is 2. The summed E-state index contributed by atoms with van der Waals surface area (Å²) < 4.78 is 5.36. The van der Waals surface area contributed by atoms with Crippen molar-refractivity contribution in [2.45, 2.75) is 12.8 Å². The van der Waals surface area contributed by atoms with Gasteiger partial charge >= 0.3 is 11.9 Å². The van der Waals surface area contributed by atoms with E-state index in [9.17, 15) is 14.4 Å². The molecule has 0 aliphatic carbocycles. The first kappa shape index (κ1) is 25.2. The Labute approximate surface area is 205 Å². The molecule has 0 spiro atoms. The van der Waals surface area contributed by atoms with Crippen molar-refractivity contribution >= 4 is 46.8 Å². The van der Waals surface area contributed by atoms with Gasteiger partial charge in [0.2, 0.25) is 11.9 Å². The molecule has 35 heavy (non-hydrogen) atoms. The number of aliphatic carboxylic acids is 1. The number of rotatable bonds is 8. The van der Waals surface area contributed by atoms with Crippen LogP contribution < -0.4 is 27.1 Å². The number of carbonyl (C=O) groups is 3. The van der Waals surface area contributed by atoms with E-state index in [2.05, 4.69) is 15.7 Å². The van der Waals surface area contributed by atoms with E-state index in [0.29, 0.717) is 22.5 Å². The van der Waals surface area contributed by atoms with Gasteiger partial charge in [-0.05, 0) is 59.7 Å². The number of amides is 1. The Morgan fingerprint density at radius 3 is 2.40 bits per heavy atom. The highest BCUT2D eigenvalue weighted by molar-refractivity contribution is 6.31. The van der Waals surface area contributed by atoms with Gasteiger partial charge in [0.05, 0.1) is 24.1 Å². The average molecular weight is 496 g/mol. The van der Waals surface area contributed by atoms with Crippen molar-refractivity contribution in [3.05, 3.63) is 88.4 Å². The van der Waals surface area contributed by atoms with Crippen LogP contribution in [0.2, 0.25) is 5.02 Å². The number of anilines is 1. The first-order valence-electron chi connectivity index (χ1n) is 10.3. The molecule has 11 heteroatoms. The number of carboxylic acids is 1. The zero-order chi connectivity index (χ0) is 25.4. The summed E-state index contributed by atoms with van der Waals surface area (Å²) in [5, 5.41) is 11.9. The first-order chi connectivity index (χ1) is 16.7. The molecule has 0 saturated carbocycles. The van der Waals surface area contributed by atoms with Crippen molar-refractivity contribution in [3.8, 4) is 5.75 Å². The number of ether oxygens (including phenoxy) is 1. The van der Waals surface area contributed by atoms with Crippen LogP contribution in [0.4, 0.5) is 11.4 Å². The Hall–Kier alpha value is -4.41. The predicted octanol–water partition coefficient (Wildman–Crippen LogP) is 2.78. The number of hydrazine groups is 1. The second kappa shape index (κ2) is 11.6. The van der Waals surface area contributed by atoms with Gasteiger partial charge in [-0.2, -0.15) is 0 Å². The van der Waals surface area contributed by atoms with Crippen molar-refractivity contribution < 1.29 is 24.2 Å². The normalized spacial score (nSPS) is 11.0. The number of hydrogen-bond acceptors (Lipinski definition) is 6. The van der Waals surface area contributed by atoms with Gasteiger partial charge in [0.25, 0.3) is 0 Å². The molecule has 0 unspecified atom stereocenters. The number of esters is 1. The highest BCUT2D eigenvalue weighted by atomic mass is 35.5. The Balaban J connectivity index is 1.60. The maximum atomic E-state index is 12.4. The van der Waals surface area contributed by atoms with E-state index in [-0.39, 0.29) is 41.0 Å². The number of aliphatic imine (C=N–C) groups is 1. The van der Waals surface area contributed by atoms with Crippen LogP contribution in [0.5, 0.6) is 5.75 Å². The fraction of sp³-hybridized carbons (Fsp3) is 0.0833. The van der Waals surface area contributed by atoms with E-state index < -0.39 is 11.9 Å². The molecule has 1 amide bonds. The third kappa shape index (κ3) is 7.56. The number of hydrogen-bond donors (Lipinski definition) is 5. The standard InChI is InChI=1S/C24H22ClN5O5/c25-20-13-19(35-23(34)15-4-7-17(8-5-15)29-24(26)30-27)9-6-16(20)12-21(31)28-18-3-1-2-14(10-18)11-22(32)33/h1-10,13H,11-12,27H2,(H,28,31)(H,32,33)(H3,26,29,30). The number of nitrogens with two attached hydrogens (primary N) is 2. The van der Waals surface area contributed by atoms with Crippen molar-refractivity contribution in [2.75, 3.05) is 5.32 Å². The molecule has 0 aliphatic rings. The summed E-state index contributed by atoms with van der Waals surface area (Å²) in [7, 11) is 0.